The number of ether oxygens (including phenoxy) is 2. The van der Waals surface area contributed by atoms with Crippen LogP contribution in [0.15, 0.2) is 75.3 Å². The van der Waals surface area contributed by atoms with Crippen molar-refractivity contribution in [1.82, 2.24) is 5.16 Å². The number of hydrogen-bond acceptors (Lipinski definition) is 8. The molecule has 1 fully saturated rings. The standard InChI is InChI=1S/C31H24Cl3N3O5/c1-39-31(38)19-5-2-4-18(14-19)30-35-26(12-13-41-37-30)21-11-10-20(15-25(21)34)40-16-22-28(36-42-29(22)17-8-9-17)27-23(32)6-3-7-24(27)33/h2-7,10-11,14-15,17H,8-9,12-13,16H2,1H3. The fourth-order valence-corrected chi connectivity index (χ4v) is 5.55. The van der Waals surface area contributed by atoms with E-state index in [1.807, 2.05) is 12.1 Å². The molecule has 0 radical (unpaired) electrons. The first kappa shape index (κ1) is 28.3. The van der Waals surface area contributed by atoms with E-state index < -0.39 is 5.97 Å². The summed E-state index contributed by atoms with van der Waals surface area (Å²) < 4.78 is 16.8. The summed E-state index contributed by atoms with van der Waals surface area (Å²) in [6.45, 7) is 0.516. The molecular weight excluding hydrogens is 601 g/mol. The van der Waals surface area contributed by atoms with E-state index in [1.54, 1.807) is 48.5 Å². The number of amidine groups is 1. The largest absolute Gasteiger partial charge is 0.489 e. The Morgan fingerprint density at radius 1 is 1.00 bits per heavy atom. The number of hydrogen-bond donors (Lipinski definition) is 0. The zero-order chi connectivity index (χ0) is 29.2. The van der Waals surface area contributed by atoms with E-state index >= 15 is 0 Å². The second kappa shape index (κ2) is 12.2. The SMILES string of the molecule is COC(=O)c1cccc(C2=NOCCC(c3ccc(OCc4c(-c5c(Cl)cccc5Cl)noc4C4CC4)cc3Cl)=N2)c1. The molecule has 6 rings (SSSR count). The Bertz CT molecular complexity index is 1710. The van der Waals surface area contributed by atoms with E-state index in [4.69, 9.17) is 58.6 Å². The monoisotopic (exact) mass is 623 g/mol. The molecule has 0 spiro atoms. The van der Waals surface area contributed by atoms with Gasteiger partial charge >= 0.3 is 5.97 Å². The smallest absolute Gasteiger partial charge is 0.337 e. The zero-order valence-corrected chi connectivity index (χ0v) is 24.7. The molecule has 214 valence electrons. The summed E-state index contributed by atoms with van der Waals surface area (Å²) in [5, 5.41) is 9.90. The van der Waals surface area contributed by atoms with Crippen LogP contribution in [-0.2, 0) is 16.2 Å². The van der Waals surface area contributed by atoms with Gasteiger partial charge in [-0.3, -0.25) is 0 Å². The highest BCUT2D eigenvalue weighted by atomic mass is 35.5. The van der Waals surface area contributed by atoms with Crippen molar-refractivity contribution >= 4 is 52.3 Å². The van der Waals surface area contributed by atoms with Gasteiger partial charge in [0.1, 0.15) is 30.4 Å². The first-order valence-corrected chi connectivity index (χ1v) is 14.4. The molecule has 0 bridgehead atoms. The van der Waals surface area contributed by atoms with E-state index in [0.717, 1.165) is 29.7 Å². The van der Waals surface area contributed by atoms with Crippen molar-refractivity contribution in [2.24, 2.45) is 10.1 Å². The van der Waals surface area contributed by atoms with Gasteiger partial charge in [-0.05, 0) is 55.3 Å². The van der Waals surface area contributed by atoms with Crippen molar-refractivity contribution in [2.75, 3.05) is 13.7 Å². The minimum Gasteiger partial charge on any atom is -0.489 e. The molecule has 0 unspecified atom stereocenters. The molecule has 0 amide bonds. The molecular formula is C31H24Cl3N3O5. The highest BCUT2D eigenvalue weighted by Crippen LogP contribution is 2.46. The number of aliphatic imine (C=N–C) groups is 1. The minimum atomic E-state index is -0.452. The molecule has 1 aromatic heterocycles. The number of halogens is 3. The predicted molar refractivity (Wildman–Crippen MR) is 161 cm³/mol. The van der Waals surface area contributed by atoms with Crippen LogP contribution in [0.5, 0.6) is 5.75 Å². The van der Waals surface area contributed by atoms with Crippen LogP contribution in [0, 0.1) is 0 Å². The Balaban J connectivity index is 1.25. The van der Waals surface area contributed by atoms with Crippen molar-refractivity contribution in [3.8, 4) is 17.0 Å². The summed E-state index contributed by atoms with van der Waals surface area (Å²) in [6, 6.07) is 17.6. The molecule has 8 nitrogen and oxygen atoms in total. The number of aromatic nitrogens is 1. The number of carbonyl (C=O) groups excluding carboxylic acids is 1. The normalized spacial score (nSPS) is 14.9. The quantitative estimate of drug-likeness (QED) is 0.184. The predicted octanol–water partition coefficient (Wildman–Crippen LogP) is 8.12. The van der Waals surface area contributed by atoms with Crippen LogP contribution in [0.2, 0.25) is 15.1 Å². The van der Waals surface area contributed by atoms with Crippen molar-refractivity contribution in [3.05, 3.63) is 104 Å². The maximum atomic E-state index is 12.0. The van der Waals surface area contributed by atoms with Crippen LogP contribution in [0.3, 0.4) is 0 Å². The lowest BCUT2D eigenvalue weighted by molar-refractivity contribution is 0.0600. The van der Waals surface area contributed by atoms with Gasteiger partial charge in [0, 0.05) is 29.0 Å². The summed E-state index contributed by atoms with van der Waals surface area (Å²) >= 11 is 19.7. The third-order valence-electron chi connectivity index (χ3n) is 6.96. The minimum absolute atomic E-state index is 0.198. The van der Waals surface area contributed by atoms with Gasteiger partial charge in [0.25, 0.3) is 0 Å². The summed E-state index contributed by atoms with van der Waals surface area (Å²) in [6.07, 6.45) is 2.54. The van der Waals surface area contributed by atoms with Crippen LogP contribution in [0.4, 0.5) is 0 Å². The third kappa shape index (κ3) is 5.88. The highest BCUT2D eigenvalue weighted by molar-refractivity contribution is 6.39. The van der Waals surface area contributed by atoms with Gasteiger partial charge in [0.2, 0.25) is 0 Å². The Labute approximate surface area is 256 Å². The number of oxime groups is 1. The molecule has 0 atom stereocenters. The van der Waals surface area contributed by atoms with Gasteiger partial charge in [0.15, 0.2) is 5.84 Å². The number of carbonyl (C=O) groups is 1. The van der Waals surface area contributed by atoms with Crippen molar-refractivity contribution in [2.45, 2.75) is 31.8 Å². The molecule has 1 aliphatic carbocycles. The van der Waals surface area contributed by atoms with Gasteiger partial charge < -0.3 is 18.8 Å². The second-order valence-corrected chi connectivity index (χ2v) is 11.0. The lowest BCUT2D eigenvalue weighted by atomic mass is 10.0. The Hall–Kier alpha value is -3.85. The zero-order valence-electron chi connectivity index (χ0n) is 22.4. The number of methoxy groups -OCH3 is 1. The summed E-state index contributed by atoms with van der Waals surface area (Å²) in [4.78, 5) is 22.2. The maximum absolute atomic E-state index is 12.0. The Morgan fingerprint density at radius 3 is 2.52 bits per heavy atom. The lowest BCUT2D eigenvalue weighted by Crippen LogP contribution is -2.08. The molecule has 3 aromatic carbocycles. The van der Waals surface area contributed by atoms with E-state index in [-0.39, 0.29) is 6.61 Å². The Kier molecular flexibility index (Phi) is 8.20. The molecule has 42 heavy (non-hydrogen) atoms. The topological polar surface area (TPSA) is 95.5 Å². The average Bonchev–Trinajstić information content (AvgIpc) is 3.80. The van der Waals surface area contributed by atoms with Crippen LogP contribution >= 0.6 is 34.8 Å². The van der Waals surface area contributed by atoms with E-state index in [0.29, 0.717) is 73.7 Å². The Morgan fingerprint density at radius 2 is 1.79 bits per heavy atom. The number of nitrogens with zero attached hydrogens (tertiary/aromatic N) is 3. The molecule has 2 aliphatic rings. The molecule has 4 aromatic rings. The number of rotatable bonds is 8. The first-order chi connectivity index (χ1) is 20.4. The van der Waals surface area contributed by atoms with E-state index in [1.165, 1.54) is 7.11 Å². The van der Waals surface area contributed by atoms with Crippen LogP contribution in [0.1, 0.15) is 58.0 Å². The molecule has 1 aliphatic heterocycles. The van der Waals surface area contributed by atoms with Crippen LogP contribution < -0.4 is 4.74 Å². The molecule has 0 saturated heterocycles. The van der Waals surface area contributed by atoms with Gasteiger partial charge in [-0.25, -0.2) is 9.79 Å². The van der Waals surface area contributed by atoms with Crippen LogP contribution in [0.25, 0.3) is 11.3 Å². The first-order valence-electron chi connectivity index (χ1n) is 13.2. The average molecular weight is 625 g/mol. The van der Waals surface area contributed by atoms with Gasteiger partial charge in [-0.1, -0.05) is 63.3 Å². The van der Waals surface area contributed by atoms with Crippen molar-refractivity contribution in [3.63, 3.8) is 0 Å². The highest BCUT2D eigenvalue weighted by Gasteiger charge is 2.33. The van der Waals surface area contributed by atoms with Gasteiger partial charge in [-0.2, -0.15) is 0 Å². The summed E-state index contributed by atoms with van der Waals surface area (Å²) in [7, 11) is 1.33. The molecule has 2 heterocycles. The number of benzene rings is 3. The van der Waals surface area contributed by atoms with E-state index in [2.05, 4.69) is 10.3 Å². The van der Waals surface area contributed by atoms with Crippen LogP contribution in [-0.4, -0.2) is 36.4 Å². The van der Waals surface area contributed by atoms with Gasteiger partial charge in [-0.15, -0.1) is 0 Å². The van der Waals surface area contributed by atoms with Gasteiger partial charge in [0.05, 0.1) is 39.0 Å². The lowest BCUT2D eigenvalue weighted by Gasteiger charge is -2.12. The molecule has 11 heteroatoms. The van der Waals surface area contributed by atoms with Crippen molar-refractivity contribution < 1.29 is 23.6 Å². The summed E-state index contributed by atoms with van der Waals surface area (Å²) in [5.74, 6) is 1.53. The van der Waals surface area contributed by atoms with E-state index in [9.17, 15) is 4.79 Å². The number of esters is 1. The third-order valence-corrected chi connectivity index (χ3v) is 7.91. The fourth-order valence-electron chi connectivity index (χ4n) is 4.69. The fraction of sp³-hybridized carbons (Fsp3) is 0.226. The second-order valence-electron chi connectivity index (χ2n) is 9.80. The summed E-state index contributed by atoms with van der Waals surface area (Å²) in [5.41, 5.74) is 4.42. The maximum Gasteiger partial charge on any atom is 0.337 e. The van der Waals surface area contributed by atoms with Crippen molar-refractivity contribution in [1.29, 1.82) is 0 Å². The molecule has 0 N–H and O–H groups in total. The molecule has 1 saturated carbocycles.